The molecule has 2 heteroatoms. The molecule has 1 saturated carbocycles. The quantitative estimate of drug-likeness (QED) is 0.452. The molecule has 13 heavy (non-hydrogen) atoms. The van der Waals surface area contributed by atoms with E-state index in [2.05, 4.69) is 12.2 Å². The molecule has 2 aliphatic carbocycles. The van der Waals surface area contributed by atoms with Gasteiger partial charge >= 0.3 is 0 Å². The van der Waals surface area contributed by atoms with E-state index in [1.54, 1.807) is 0 Å². The number of nitrogens with zero attached hydrogens (tertiary/aromatic N) is 2. The third-order valence-corrected chi connectivity index (χ3v) is 2.97. The van der Waals surface area contributed by atoms with Crippen LogP contribution in [0.5, 0.6) is 0 Å². The maximum absolute atomic E-state index is 2.38. The monoisotopic (exact) mass is 182 g/mol. The van der Waals surface area contributed by atoms with E-state index >= 15 is 0 Å². The van der Waals surface area contributed by atoms with Crippen LogP contribution in [0.25, 0.3) is 0 Å². The minimum Gasteiger partial charge on any atom is -0.248 e. The minimum atomic E-state index is 0.991. The number of rotatable bonds is 1. The van der Waals surface area contributed by atoms with E-state index in [-0.39, 0.29) is 0 Å². The van der Waals surface area contributed by atoms with Crippen LogP contribution in [-0.2, 0) is 0 Å². The van der Waals surface area contributed by atoms with Crippen molar-refractivity contribution in [2.24, 2.45) is 11.8 Å². The molecule has 2 bridgehead atoms. The fourth-order valence-corrected chi connectivity index (χ4v) is 1.72. The molecule has 0 aromatic carbocycles. The zero-order chi connectivity index (χ0) is 9.84. The summed E-state index contributed by atoms with van der Waals surface area (Å²) in [7, 11) is 8.00. The van der Waals surface area contributed by atoms with Gasteiger partial charge in [-0.3, -0.25) is 0 Å². The highest BCUT2D eigenvalue weighted by atomic mass is 15.6. The summed E-state index contributed by atoms with van der Waals surface area (Å²) in [5.41, 5.74) is 0. The fourth-order valence-electron chi connectivity index (χ4n) is 1.72. The third-order valence-electron chi connectivity index (χ3n) is 2.97. The van der Waals surface area contributed by atoms with Crippen LogP contribution in [-0.4, -0.2) is 38.2 Å². The molecule has 0 N–H and O–H groups in total. The molecule has 0 aromatic heterocycles. The lowest BCUT2D eigenvalue weighted by Crippen LogP contribution is -2.28. The molecule has 76 valence electrons. The average Bonchev–Trinajstić information content (AvgIpc) is 2.67. The third kappa shape index (κ3) is 3.49. The molecule has 0 saturated heterocycles. The van der Waals surface area contributed by atoms with Gasteiger partial charge in [-0.1, -0.05) is 12.2 Å². The van der Waals surface area contributed by atoms with Crippen molar-refractivity contribution in [2.45, 2.75) is 19.3 Å². The summed E-state index contributed by atoms with van der Waals surface area (Å²) in [6, 6.07) is 0. The van der Waals surface area contributed by atoms with Gasteiger partial charge in [0, 0.05) is 28.2 Å². The second-order valence-electron chi connectivity index (χ2n) is 4.41. The molecule has 2 atom stereocenters. The van der Waals surface area contributed by atoms with Gasteiger partial charge in [-0.15, -0.1) is 0 Å². The number of hydrogen-bond acceptors (Lipinski definition) is 2. The number of hydrogen-bond donors (Lipinski definition) is 0. The molecule has 0 aromatic rings. The summed E-state index contributed by atoms with van der Waals surface area (Å²) in [5.74, 6) is 1.98. The maximum atomic E-state index is 2.38. The number of fused-ring (bicyclic) bond motifs is 2. The Morgan fingerprint density at radius 1 is 0.846 bits per heavy atom. The molecule has 0 amide bonds. The predicted octanol–water partition coefficient (Wildman–Crippen LogP) is 2.00. The summed E-state index contributed by atoms with van der Waals surface area (Å²) in [6.07, 6.45) is 9.19. The Bertz CT molecular complexity index is 155. The smallest absolute Gasteiger partial charge is 0.00151 e. The van der Waals surface area contributed by atoms with E-state index in [0.29, 0.717) is 0 Å². The molecule has 2 unspecified atom stereocenters. The van der Waals surface area contributed by atoms with Gasteiger partial charge in [0.05, 0.1) is 0 Å². The van der Waals surface area contributed by atoms with Gasteiger partial charge in [-0.25, -0.2) is 10.0 Å². The van der Waals surface area contributed by atoms with Crippen LogP contribution in [0.1, 0.15) is 19.3 Å². The standard InChI is InChI=1S/C7H10.C4H12N2/c1-2-7-4-3-6(1)5-7;1-5(2)6(3)4/h1-2,6-7H,3-5H2;1-4H3. The second-order valence-corrected chi connectivity index (χ2v) is 4.41. The van der Waals surface area contributed by atoms with Gasteiger partial charge in [0.25, 0.3) is 0 Å². The van der Waals surface area contributed by atoms with E-state index in [1.807, 2.05) is 38.2 Å². The Morgan fingerprint density at radius 3 is 1.31 bits per heavy atom. The lowest BCUT2D eigenvalue weighted by atomic mass is 10.1. The first-order valence-corrected chi connectivity index (χ1v) is 5.12. The largest absolute Gasteiger partial charge is 0.248 e. The molecule has 0 spiro atoms. The van der Waals surface area contributed by atoms with E-state index < -0.39 is 0 Å². The topological polar surface area (TPSA) is 6.48 Å². The Balaban J connectivity index is 0.000000133. The van der Waals surface area contributed by atoms with Crippen LogP contribution in [0, 0.1) is 11.8 Å². The van der Waals surface area contributed by atoms with Gasteiger partial charge in [0.2, 0.25) is 0 Å². The van der Waals surface area contributed by atoms with E-state index in [9.17, 15) is 0 Å². The van der Waals surface area contributed by atoms with Crippen molar-refractivity contribution < 1.29 is 0 Å². The van der Waals surface area contributed by atoms with Crippen LogP contribution in [0.15, 0.2) is 12.2 Å². The van der Waals surface area contributed by atoms with Crippen molar-refractivity contribution in [2.75, 3.05) is 28.2 Å². The molecule has 2 aliphatic rings. The first kappa shape index (κ1) is 10.7. The molecule has 2 nitrogen and oxygen atoms in total. The highest BCUT2D eigenvalue weighted by molar-refractivity contribution is 5.06. The molecule has 0 heterocycles. The van der Waals surface area contributed by atoms with Crippen LogP contribution >= 0.6 is 0 Å². The molecule has 1 fully saturated rings. The van der Waals surface area contributed by atoms with Crippen molar-refractivity contribution >= 4 is 0 Å². The summed E-state index contributed by atoms with van der Waals surface area (Å²) in [4.78, 5) is 0. The summed E-state index contributed by atoms with van der Waals surface area (Å²) in [6.45, 7) is 0. The van der Waals surface area contributed by atoms with Gasteiger partial charge in [-0.2, -0.15) is 0 Å². The molecule has 2 rings (SSSR count). The average molecular weight is 182 g/mol. The van der Waals surface area contributed by atoms with Crippen LogP contribution in [0.4, 0.5) is 0 Å². The van der Waals surface area contributed by atoms with Gasteiger partial charge in [0.1, 0.15) is 0 Å². The van der Waals surface area contributed by atoms with Crippen LogP contribution in [0.2, 0.25) is 0 Å². The molecule has 0 aliphatic heterocycles. The summed E-state index contributed by atoms with van der Waals surface area (Å²) < 4.78 is 0. The van der Waals surface area contributed by atoms with Gasteiger partial charge < -0.3 is 0 Å². The zero-order valence-electron chi connectivity index (χ0n) is 9.33. The first-order chi connectivity index (χ1) is 6.09. The van der Waals surface area contributed by atoms with Crippen LogP contribution < -0.4 is 0 Å². The minimum absolute atomic E-state index is 0.991. The highest BCUT2D eigenvalue weighted by Crippen LogP contribution is 2.38. The Labute approximate surface area is 82.2 Å². The lowest BCUT2D eigenvalue weighted by Gasteiger charge is -2.17. The van der Waals surface area contributed by atoms with Crippen molar-refractivity contribution in [3.63, 3.8) is 0 Å². The lowest BCUT2D eigenvalue weighted by molar-refractivity contribution is 0.0894. The molecule has 0 radical (unpaired) electrons. The summed E-state index contributed by atoms with van der Waals surface area (Å²) >= 11 is 0. The Kier molecular flexibility index (Phi) is 3.94. The zero-order valence-corrected chi connectivity index (χ0v) is 9.33. The van der Waals surface area contributed by atoms with E-state index in [1.165, 1.54) is 19.3 Å². The highest BCUT2D eigenvalue weighted by Gasteiger charge is 2.25. The van der Waals surface area contributed by atoms with Crippen molar-refractivity contribution in [1.82, 2.24) is 10.0 Å². The maximum Gasteiger partial charge on any atom is 0.00151 e. The van der Waals surface area contributed by atoms with Gasteiger partial charge in [-0.05, 0) is 31.1 Å². The van der Waals surface area contributed by atoms with Crippen molar-refractivity contribution in [1.29, 1.82) is 0 Å². The van der Waals surface area contributed by atoms with Gasteiger partial charge in [0.15, 0.2) is 0 Å². The Hall–Kier alpha value is -0.340. The predicted molar refractivity (Wildman–Crippen MR) is 57.3 cm³/mol. The van der Waals surface area contributed by atoms with Crippen molar-refractivity contribution in [3.05, 3.63) is 12.2 Å². The van der Waals surface area contributed by atoms with E-state index in [4.69, 9.17) is 0 Å². The number of hydrazine groups is 1. The van der Waals surface area contributed by atoms with E-state index in [0.717, 1.165) is 11.8 Å². The fraction of sp³-hybridized carbons (Fsp3) is 0.818. The molecular formula is C11H22N2. The molecular weight excluding hydrogens is 160 g/mol. The summed E-state index contributed by atoms with van der Waals surface area (Å²) in [5, 5.41) is 4.00. The normalized spacial score (nSPS) is 29.7. The van der Waals surface area contributed by atoms with Crippen molar-refractivity contribution in [3.8, 4) is 0 Å². The Morgan fingerprint density at radius 2 is 1.23 bits per heavy atom. The SMILES string of the molecule is C1=CC2CCC1C2.CN(C)N(C)C. The number of allylic oxidation sites excluding steroid dienone is 2. The van der Waals surface area contributed by atoms with Crippen LogP contribution in [0.3, 0.4) is 0 Å². The second kappa shape index (κ2) is 4.77. The first-order valence-electron chi connectivity index (χ1n) is 5.12.